The van der Waals surface area contributed by atoms with E-state index in [1.807, 2.05) is 0 Å². The lowest BCUT2D eigenvalue weighted by Gasteiger charge is -2.49. The van der Waals surface area contributed by atoms with Crippen LogP contribution in [0, 0.1) is 23.1 Å². The zero-order valence-electron chi connectivity index (χ0n) is 21.4. The zero-order valence-corrected chi connectivity index (χ0v) is 22.9. The van der Waals surface area contributed by atoms with Gasteiger partial charge in [0, 0.05) is 42.8 Å². The maximum Gasteiger partial charge on any atom is 0.176 e. The molecule has 1 aliphatic heterocycles. The molecule has 0 spiro atoms. The molecule has 1 saturated heterocycles. The number of benzene rings is 1. The molecule has 2 N–H and O–H groups in total. The number of aromatic amines is 1. The van der Waals surface area contributed by atoms with Crippen LogP contribution in [0.5, 0.6) is 5.75 Å². The first-order valence-electron chi connectivity index (χ1n) is 12.8. The number of hydrogen-bond donors (Lipinski definition) is 2. The van der Waals surface area contributed by atoms with Gasteiger partial charge in [-0.2, -0.15) is 10.4 Å². The van der Waals surface area contributed by atoms with Crippen LogP contribution in [-0.4, -0.2) is 45.3 Å². The monoisotopic (exact) mass is 565 g/mol. The van der Waals surface area contributed by atoms with Crippen LogP contribution in [0.25, 0.3) is 22.2 Å². The zero-order chi connectivity index (χ0) is 27.3. The van der Waals surface area contributed by atoms with Gasteiger partial charge in [-0.25, -0.2) is 9.37 Å². The minimum Gasteiger partial charge on any atom is -0.483 e. The van der Waals surface area contributed by atoms with Crippen molar-refractivity contribution in [2.45, 2.75) is 38.3 Å². The molecule has 11 heteroatoms. The highest BCUT2D eigenvalue weighted by Crippen LogP contribution is 2.38. The number of nitrogens with zero attached hydrogens (tertiary/aromatic N) is 5. The molecule has 0 amide bonds. The van der Waals surface area contributed by atoms with Crippen molar-refractivity contribution < 1.29 is 9.13 Å². The van der Waals surface area contributed by atoms with E-state index in [1.165, 1.54) is 31.3 Å². The van der Waals surface area contributed by atoms with E-state index in [-0.39, 0.29) is 16.7 Å². The quantitative estimate of drug-likeness (QED) is 0.268. The number of H-pyrrole nitrogens is 1. The van der Waals surface area contributed by atoms with Crippen molar-refractivity contribution in [2.75, 3.05) is 24.5 Å². The Bertz CT molecular complexity index is 1590. The molecule has 39 heavy (non-hydrogen) atoms. The molecule has 2 aliphatic rings. The molecule has 8 nitrogen and oxygen atoms in total. The van der Waals surface area contributed by atoms with Gasteiger partial charge in [-0.15, -0.1) is 0 Å². The number of halogens is 3. The Balaban J connectivity index is 1.27. The lowest BCUT2D eigenvalue weighted by molar-refractivity contribution is 0.217. The average Bonchev–Trinajstić information content (AvgIpc) is 3.63. The van der Waals surface area contributed by atoms with Crippen LogP contribution in [0.2, 0.25) is 10.0 Å². The number of ether oxygens (including phenoxy) is 1. The van der Waals surface area contributed by atoms with Crippen LogP contribution in [0.3, 0.4) is 0 Å². The van der Waals surface area contributed by atoms with E-state index in [9.17, 15) is 5.26 Å². The molecule has 0 radical (unpaired) electrons. The number of nitrogens with one attached hydrogen (secondary N) is 2. The summed E-state index contributed by atoms with van der Waals surface area (Å²) >= 11 is 12.5. The fourth-order valence-corrected chi connectivity index (χ4v) is 5.78. The largest absolute Gasteiger partial charge is 0.483 e. The van der Waals surface area contributed by atoms with E-state index < -0.39 is 11.9 Å². The number of fused-ring (bicyclic) bond motifs is 1. The SMILES string of the molecule is C[C@@H](Oc1ccc2[nH]nc(-c3cnc(N4CC(C)(NCC5CC5)C4)c(C#N)c3)c2c1F)c1c(Cl)cncc1Cl. The molecule has 1 saturated carbocycles. The molecule has 4 aromatic rings. The second kappa shape index (κ2) is 9.94. The molecule has 1 aliphatic carbocycles. The molecule has 4 heterocycles. The van der Waals surface area contributed by atoms with Crippen LogP contribution in [0.4, 0.5) is 10.2 Å². The summed E-state index contributed by atoms with van der Waals surface area (Å²) in [7, 11) is 0. The summed E-state index contributed by atoms with van der Waals surface area (Å²) in [5.74, 6) is 0.848. The van der Waals surface area contributed by atoms with Gasteiger partial charge < -0.3 is 15.0 Å². The van der Waals surface area contributed by atoms with E-state index in [1.54, 1.807) is 25.3 Å². The lowest BCUT2D eigenvalue weighted by atomic mass is 9.91. The van der Waals surface area contributed by atoms with Gasteiger partial charge in [-0.05, 0) is 57.4 Å². The van der Waals surface area contributed by atoms with Gasteiger partial charge in [0.05, 0.1) is 32.1 Å². The Morgan fingerprint density at radius 1 is 1.26 bits per heavy atom. The average molecular weight is 566 g/mol. The van der Waals surface area contributed by atoms with Crippen molar-refractivity contribution in [1.29, 1.82) is 5.26 Å². The molecule has 0 unspecified atom stereocenters. The first-order chi connectivity index (χ1) is 18.8. The second-order valence-electron chi connectivity index (χ2n) is 10.6. The maximum absolute atomic E-state index is 15.8. The summed E-state index contributed by atoms with van der Waals surface area (Å²) in [5.41, 5.74) is 2.30. The topological polar surface area (TPSA) is 103 Å². The molecule has 0 bridgehead atoms. The second-order valence-corrected chi connectivity index (χ2v) is 11.4. The van der Waals surface area contributed by atoms with Crippen LogP contribution in [0.15, 0.2) is 36.8 Å². The first kappa shape index (κ1) is 25.8. The predicted octanol–water partition coefficient (Wildman–Crippen LogP) is 6.06. The smallest absolute Gasteiger partial charge is 0.176 e. The van der Waals surface area contributed by atoms with E-state index in [0.29, 0.717) is 43.8 Å². The lowest BCUT2D eigenvalue weighted by Crippen LogP contribution is -2.68. The van der Waals surface area contributed by atoms with Crippen molar-refractivity contribution in [3.05, 3.63) is 63.8 Å². The van der Waals surface area contributed by atoms with Crippen molar-refractivity contribution in [3.63, 3.8) is 0 Å². The van der Waals surface area contributed by atoms with Gasteiger partial charge in [0.1, 0.15) is 23.7 Å². The Hall–Kier alpha value is -3.45. The number of nitriles is 1. The van der Waals surface area contributed by atoms with Gasteiger partial charge in [0.15, 0.2) is 11.6 Å². The van der Waals surface area contributed by atoms with Crippen LogP contribution in [0.1, 0.15) is 43.9 Å². The Morgan fingerprint density at radius 3 is 2.69 bits per heavy atom. The van der Waals surface area contributed by atoms with Crippen molar-refractivity contribution in [2.24, 2.45) is 5.92 Å². The number of hydrogen-bond acceptors (Lipinski definition) is 7. The third-order valence-corrected chi connectivity index (χ3v) is 7.99. The third kappa shape index (κ3) is 4.89. The van der Waals surface area contributed by atoms with Crippen LogP contribution in [-0.2, 0) is 0 Å². The van der Waals surface area contributed by atoms with Gasteiger partial charge in [-0.3, -0.25) is 10.1 Å². The molecule has 200 valence electrons. The third-order valence-electron chi connectivity index (χ3n) is 7.39. The molecular weight excluding hydrogens is 540 g/mol. The molecule has 6 rings (SSSR count). The summed E-state index contributed by atoms with van der Waals surface area (Å²) in [4.78, 5) is 10.6. The van der Waals surface area contributed by atoms with Crippen LogP contribution < -0.4 is 15.0 Å². The standard InChI is InChI=1S/C28H26Cl2FN7O/c1-15(23-19(29)11-33-12-20(23)30)39-22-6-5-21-24(25(22)31)26(37-36-21)18-7-17(8-32)27(34-10-18)38-13-28(2,14-38)35-9-16-3-4-16/h5-7,10-12,15-16,35H,3-4,9,13-14H2,1-2H3,(H,36,37)/t15-/m1/s1. The molecular formula is C28H26Cl2FN7O. The van der Waals surface area contributed by atoms with Crippen molar-refractivity contribution in [3.8, 4) is 23.1 Å². The maximum atomic E-state index is 15.8. The van der Waals surface area contributed by atoms with E-state index in [2.05, 4.69) is 43.4 Å². The van der Waals surface area contributed by atoms with Crippen molar-refractivity contribution in [1.82, 2.24) is 25.5 Å². The van der Waals surface area contributed by atoms with E-state index >= 15 is 4.39 Å². The highest BCUT2D eigenvalue weighted by molar-refractivity contribution is 6.35. The molecule has 1 aromatic carbocycles. The summed E-state index contributed by atoms with van der Waals surface area (Å²) < 4.78 is 21.8. The van der Waals surface area contributed by atoms with Gasteiger partial charge in [0.25, 0.3) is 0 Å². The Morgan fingerprint density at radius 2 is 2.00 bits per heavy atom. The summed E-state index contributed by atoms with van der Waals surface area (Å²) in [6.45, 7) is 6.50. The fraction of sp³-hybridized carbons (Fsp3) is 0.357. The summed E-state index contributed by atoms with van der Waals surface area (Å²) in [6.07, 6.45) is 6.53. The fourth-order valence-electron chi connectivity index (χ4n) is 5.10. The number of rotatable bonds is 8. The highest BCUT2D eigenvalue weighted by atomic mass is 35.5. The van der Waals surface area contributed by atoms with E-state index in [0.717, 1.165) is 25.6 Å². The normalized spacial score (nSPS) is 17.1. The van der Waals surface area contributed by atoms with Gasteiger partial charge in [-0.1, -0.05) is 23.2 Å². The minimum atomic E-state index is -0.637. The van der Waals surface area contributed by atoms with Gasteiger partial charge >= 0.3 is 0 Å². The molecule has 3 aromatic heterocycles. The highest BCUT2D eigenvalue weighted by Gasteiger charge is 2.41. The molecule has 1 atom stereocenters. The first-order valence-corrected chi connectivity index (χ1v) is 13.5. The number of pyridine rings is 2. The Kier molecular flexibility index (Phi) is 6.58. The summed E-state index contributed by atoms with van der Waals surface area (Å²) in [5, 5.41) is 21.7. The van der Waals surface area contributed by atoms with Crippen LogP contribution >= 0.6 is 23.2 Å². The Labute approximate surface area is 235 Å². The van der Waals surface area contributed by atoms with E-state index in [4.69, 9.17) is 27.9 Å². The number of anilines is 1. The van der Waals surface area contributed by atoms with Crippen molar-refractivity contribution >= 4 is 39.9 Å². The van der Waals surface area contributed by atoms with Gasteiger partial charge in [0.2, 0.25) is 0 Å². The minimum absolute atomic E-state index is 0.00937. The number of aromatic nitrogens is 4. The predicted molar refractivity (Wildman–Crippen MR) is 149 cm³/mol. The summed E-state index contributed by atoms with van der Waals surface area (Å²) in [6, 6.07) is 7.17. The molecule has 2 fully saturated rings.